The quantitative estimate of drug-likeness (QED) is 0.441. The van der Waals surface area contributed by atoms with E-state index in [9.17, 15) is 19.3 Å². The number of nitrogens with zero attached hydrogens (tertiary/aromatic N) is 1. The third-order valence-electron chi connectivity index (χ3n) is 3.52. The van der Waals surface area contributed by atoms with Crippen molar-refractivity contribution >= 4 is 17.3 Å². The molecule has 0 bridgehead atoms. The molecule has 0 saturated carbocycles. The van der Waals surface area contributed by atoms with Crippen LogP contribution in [0.3, 0.4) is 0 Å². The Morgan fingerprint density at radius 2 is 2.29 bits per heavy atom. The third kappa shape index (κ3) is 3.46. The van der Waals surface area contributed by atoms with Crippen LogP contribution in [0.1, 0.15) is 30.1 Å². The summed E-state index contributed by atoms with van der Waals surface area (Å²) in [5, 5.41) is 16.8. The van der Waals surface area contributed by atoms with E-state index in [0.29, 0.717) is 6.07 Å². The predicted octanol–water partition coefficient (Wildman–Crippen LogP) is 1.19. The number of carbonyl (C=O) groups is 1. The summed E-state index contributed by atoms with van der Waals surface area (Å²) in [6, 6.07) is 1.83. The number of carbonyl (C=O) groups excluding carboxylic acids is 1. The first-order valence-corrected chi connectivity index (χ1v) is 6.66. The number of nitro groups is 1. The van der Waals surface area contributed by atoms with Crippen molar-refractivity contribution < 1.29 is 14.1 Å². The first-order valence-electron chi connectivity index (χ1n) is 6.66. The zero-order valence-electron chi connectivity index (χ0n) is 11.6. The van der Waals surface area contributed by atoms with Crippen molar-refractivity contribution in [1.82, 2.24) is 10.6 Å². The molecule has 2 atom stereocenters. The number of halogens is 1. The first kappa shape index (κ1) is 15.2. The zero-order valence-corrected chi connectivity index (χ0v) is 11.6. The largest absolute Gasteiger partial charge is 0.393 e. The summed E-state index contributed by atoms with van der Waals surface area (Å²) in [4.78, 5) is 22.2. The lowest BCUT2D eigenvalue weighted by molar-refractivity contribution is -0.384. The van der Waals surface area contributed by atoms with Crippen LogP contribution in [0.25, 0.3) is 0 Å². The van der Waals surface area contributed by atoms with Crippen molar-refractivity contribution in [3.63, 3.8) is 0 Å². The average Bonchev–Trinajstić information content (AvgIpc) is 2.40. The van der Waals surface area contributed by atoms with Crippen LogP contribution in [0.2, 0.25) is 0 Å². The van der Waals surface area contributed by atoms with E-state index in [-0.39, 0.29) is 23.3 Å². The maximum absolute atomic E-state index is 13.4. The monoisotopic (exact) mass is 296 g/mol. The van der Waals surface area contributed by atoms with E-state index in [0.717, 1.165) is 25.5 Å². The van der Waals surface area contributed by atoms with Crippen molar-refractivity contribution in [3.05, 3.63) is 33.6 Å². The van der Waals surface area contributed by atoms with Crippen LogP contribution in [0.5, 0.6) is 0 Å². The zero-order chi connectivity index (χ0) is 15.6. The van der Waals surface area contributed by atoms with Crippen LogP contribution >= 0.6 is 0 Å². The van der Waals surface area contributed by atoms with Crippen LogP contribution in [0, 0.1) is 15.9 Å². The number of rotatable bonds is 3. The lowest BCUT2D eigenvalue weighted by Crippen LogP contribution is -2.46. The fourth-order valence-corrected chi connectivity index (χ4v) is 2.47. The van der Waals surface area contributed by atoms with Crippen molar-refractivity contribution in [2.75, 3.05) is 12.3 Å². The van der Waals surface area contributed by atoms with E-state index in [2.05, 4.69) is 10.6 Å². The molecule has 1 heterocycles. The van der Waals surface area contributed by atoms with Crippen molar-refractivity contribution in [2.24, 2.45) is 0 Å². The highest BCUT2D eigenvalue weighted by molar-refractivity contribution is 6.01. The molecule has 0 spiro atoms. The maximum Gasteiger partial charge on any atom is 0.295 e. The minimum Gasteiger partial charge on any atom is -0.393 e. The number of nitro benzene ring substituents is 1. The minimum absolute atomic E-state index is 0.0597. The van der Waals surface area contributed by atoms with Gasteiger partial charge in [0.25, 0.3) is 11.6 Å². The van der Waals surface area contributed by atoms with Crippen molar-refractivity contribution in [3.8, 4) is 0 Å². The summed E-state index contributed by atoms with van der Waals surface area (Å²) in [5.74, 6) is -1.45. The number of nitrogens with two attached hydrogens (primary N) is 1. The van der Waals surface area contributed by atoms with Crippen LogP contribution in [-0.2, 0) is 0 Å². The normalized spacial score (nSPS) is 21.8. The van der Waals surface area contributed by atoms with Gasteiger partial charge in [0.15, 0.2) is 0 Å². The SMILES string of the molecule is CC1CC(NC(=O)c2cc(F)cc([N+](=O)[O-])c2N)CCN1. The van der Waals surface area contributed by atoms with E-state index in [1.54, 1.807) is 0 Å². The van der Waals surface area contributed by atoms with Gasteiger partial charge in [0.1, 0.15) is 11.5 Å². The van der Waals surface area contributed by atoms with Gasteiger partial charge < -0.3 is 16.4 Å². The Bertz CT molecular complexity index is 579. The van der Waals surface area contributed by atoms with Crippen LogP contribution in [0.15, 0.2) is 12.1 Å². The predicted molar refractivity (Wildman–Crippen MR) is 75.4 cm³/mol. The second-order valence-corrected chi connectivity index (χ2v) is 5.19. The number of nitrogen functional groups attached to an aromatic ring is 1. The number of anilines is 1. The molecule has 1 aromatic rings. The molecule has 1 aliphatic rings. The van der Waals surface area contributed by atoms with Gasteiger partial charge >= 0.3 is 0 Å². The first-order chi connectivity index (χ1) is 9.88. The molecule has 0 aromatic heterocycles. The summed E-state index contributed by atoms with van der Waals surface area (Å²) in [5.41, 5.74) is 4.49. The highest BCUT2D eigenvalue weighted by Crippen LogP contribution is 2.27. The molecule has 114 valence electrons. The number of amides is 1. The lowest BCUT2D eigenvalue weighted by atomic mass is 10.00. The topological polar surface area (TPSA) is 110 Å². The highest BCUT2D eigenvalue weighted by atomic mass is 19.1. The standard InChI is InChI=1S/C13H17FN4O3/c1-7-4-9(2-3-16-7)17-13(19)10-5-8(14)6-11(12(10)15)18(20)21/h5-7,9,16H,2-4,15H2,1H3,(H,17,19). The maximum atomic E-state index is 13.4. The molecule has 1 amide bonds. The Morgan fingerprint density at radius 3 is 2.90 bits per heavy atom. The number of benzene rings is 1. The second kappa shape index (κ2) is 6.04. The average molecular weight is 296 g/mol. The Kier molecular flexibility index (Phi) is 4.37. The fourth-order valence-electron chi connectivity index (χ4n) is 2.47. The number of hydrogen-bond donors (Lipinski definition) is 3. The van der Waals surface area contributed by atoms with Gasteiger partial charge in [-0.1, -0.05) is 0 Å². The molecule has 1 saturated heterocycles. The minimum atomic E-state index is -0.861. The summed E-state index contributed by atoms with van der Waals surface area (Å²) < 4.78 is 13.4. The van der Waals surface area contributed by atoms with Crippen LogP contribution in [0.4, 0.5) is 15.8 Å². The number of nitrogens with one attached hydrogen (secondary N) is 2. The second-order valence-electron chi connectivity index (χ2n) is 5.19. The summed E-state index contributed by atoms with van der Waals surface area (Å²) >= 11 is 0. The molecular weight excluding hydrogens is 279 g/mol. The molecule has 1 aliphatic heterocycles. The van der Waals surface area contributed by atoms with Gasteiger partial charge in [-0.2, -0.15) is 0 Å². The number of hydrogen-bond acceptors (Lipinski definition) is 5. The van der Waals surface area contributed by atoms with E-state index in [1.165, 1.54) is 0 Å². The molecule has 0 radical (unpaired) electrons. The highest BCUT2D eigenvalue weighted by Gasteiger charge is 2.25. The lowest BCUT2D eigenvalue weighted by Gasteiger charge is -2.28. The Hall–Kier alpha value is -2.22. The third-order valence-corrected chi connectivity index (χ3v) is 3.52. The van der Waals surface area contributed by atoms with Crippen molar-refractivity contribution in [2.45, 2.75) is 31.8 Å². The molecule has 0 aliphatic carbocycles. The van der Waals surface area contributed by atoms with E-state index in [1.807, 2.05) is 6.92 Å². The molecule has 4 N–H and O–H groups in total. The number of piperidine rings is 1. The Morgan fingerprint density at radius 1 is 1.57 bits per heavy atom. The van der Waals surface area contributed by atoms with Gasteiger partial charge in [-0.05, 0) is 32.4 Å². The fraction of sp³-hybridized carbons (Fsp3) is 0.462. The summed E-state index contributed by atoms with van der Waals surface area (Å²) in [6.07, 6.45) is 1.48. The molecule has 1 fully saturated rings. The van der Waals surface area contributed by atoms with Gasteiger partial charge in [-0.25, -0.2) is 4.39 Å². The van der Waals surface area contributed by atoms with Gasteiger partial charge in [-0.15, -0.1) is 0 Å². The van der Waals surface area contributed by atoms with Gasteiger partial charge in [-0.3, -0.25) is 14.9 Å². The molecule has 2 unspecified atom stereocenters. The smallest absolute Gasteiger partial charge is 0.295 e. The molecule has 1 aromatic carbocycles. The Labute approximate surface area is 120 Å². The van der Waals surface area contributed by atoms with E-state index in [4.69, 9.17) is 5.73 Å². The molecule has 2 rings (SSSR count). The van der Waals surface area contributed by atoms with Crippen molar-refractivity contribution in [1.29, 1.82) is 0 Å². The molecular formula is C13H17FN4O3. The van der Waals surface area contributed by atoms with Crippen LogP contribution in [-0.4, -0.2) is 29.5 Å². The van der Waals surface area contributed by atoms with Gasteiger partial charge in [0.05, 0.1) is 16.6 Å². The molecule has 21 heavy (non-hydrogen) atoms. The van der Waals surface area contributed by atoms with E-state index < -0.39 is 22.3 Å². The summed E-state index contributed by atoms with van der Waals surface area (Å²) in [7, 11) is 0. The van der Waals surface area contributed by atoms with Crippen LogP contribution < -0.4 is 16.4 Å². The van der Waals surface area contributed by atoms with Gasteiger partial charge in [0.2, 0.25) is 0 Å². The van der Waals surface area contributed by atoms with E-state index >= 15 is 0 Å². The Balaban J connectivity index is 2.21. The molecule has 8 heteroatoms. The summed E-state index contributed by atoms with van der Waals surface area (Å²) in [6.45, 7) is 2.77. The molecule has 7 nitrogen and oxygen atoms in total. The van der Waals surface area contributed by atoms with Gasteiger partial charge in [0, 0.05) is 12.1 Å².